The van der Waals surface area contributed by atoms with Crippen molar-refractivity contribution in [1.29, 1.82) is 0 Å². The standard InChI is InChI=1S/C18H20N2O3S2/c1-12-19-14(10-24-12)11-25-15-5-3-13(4-6-15)17(23)20-18(7-2-8-18)9-16(21)22/h3-6,10H,2,7-9,11H2,1H3,(H,20,23)(H,21,22). The number of carboxylic acids is 1. The van der Waals surface area contributed by atoms with Crippen LogP contribution in [0, 0.1) is 6.92 Å². The summed E-state index contributed by atoms with van der Waals surface area (Å²) < 4.78 is 0. The number of carbonyl (C=O) groups excluding carboxylic acids is 1. The minimum absolute atomic E-state index is 0.0142. The Morgan fingerprint density at radius 3 is 2.56 bits per heavy atom. The van der Waals surface area contributed by atoms with Gasteiger partial charge in [-0.05, 0) is 50.5 Å². The van der Waals surface area contributed by atoms with Crippen molar-refractivity contribution in [1.82, 2.24) is 10.3 Å². The van der Waals surface area contributed by atoms with Crippen molar-refractivity contribution in [3.8, 4) is 0 Å². The molecule has 0 aliphatic heterocycles. The van der Waals surface area contributed by atoms with Gasteiger partial charge in [-0.2, -0.15) is 0 Å². The molecule has 3 rings (SSSR count). The number of carbonyl (C=O) groups is 2. The molecule has 0 saturated heterocycles. The van der Waals surface area contributed by atoms with Crippen LogP contribution in [0.2, 0.25) is 0 Å². The number of thioether (sulfide) groups is 1. The molecule has 1 aromatic carbocycles. The van der Waals surface area contributed by atoms with Gasteiger partial charge in [0.1, 0.15) is 0 Å². The zero-order chi connectivity index (χ0) is 17.9. The van der Waals surface area contributed by atoms with E-state index in [1.807, 2.05) is 19.1 Å². The van der Waals surface area contributed by atoms with Gasteiger partial charge in [0, 0.05) is 21.6 Å². The number of hydrogen-bond donors (Lipinski definition) is 2. The summed E-state index contributed by atoms with van der Waals surface area (Å²) >= 11 is 3.32. The highest BCUT2D eigenvalue weighted by Crippen LogP contribution is 2.35. The second kappa shape index (κ2) is 7.58. The van der Waals surface area contributed by atoms with E-state index in [-0.39, 0.29) is 12.3 Å². The number of nitrogens with one attached hydrogen (secondary N) is 1. The summed E-state index contributed by atoms with van der Waals surface area (Å²) in [6, 6.07) is 7.42. The Kier molecular flexibility index (Phi) is 5.44. The Morgan fingerprint density at radius 2 is 2.04 bits per heavy atom. The lowest BCUT2D eigenvalue weighted by atomic mass is 9.74. The van der Waals surface area contributed by atoms with E-state index in [0.29, 0.717) is 5.56 Å². The highest BCUT2D eigenvalue weighted by atomic mass is 32.2. The van der Waals surface area contributed by atoms with E-state index < -0.39 is 11.5 Å². The zero-order valence-electron chi connectivity index (χ0n) is 13.9. The normalized spacial score (nSPS) is 15.4. The number of thiazole rings is 1. The number of rotatable bonds is 7. The smallest absolute Gasteiger partial charge is 0.305 e. The second-order valence-electron chi connectivity index (χ2n) is 6.33. The van der Waals surface area contributed by atoms with Gasteiger partial charge in [0.05, 0.1) is 22.7 Å². The fourth-order valence-electron chi connectivity index (χ4n) is 2.89. The molecule has 5 nitrogen and oxygen atoms in total. The second-order valence-corrected chi connectivity index (χ2v) is 8.44. The molecule has 132 valence electrons. The molecule has 1 heterocycles. The molecule has 1 saturated carbocycles. The van der Waals surface area contributed by atoms with Gasteiger partial charge in [0.25, 0.3) is 5.91 Å². The third-order valence-electron chi connectivity index (χ3n) is 4.35. The summed E-state index contributed by atoms with van der Waals surface area (Å²) in [6.45, 7) is 1.99. The third-order valence-corrected chi connectivity index (χ3v) is 6.22. The maximum Gasteiger partial charge on any atom is 0.305 e. The van der Waals surface area contributed by atoms with E-state index in [4.69, 9.17) is 5.11 Å². The molecule has 0 unspecified atom stereocenters. The predicted octanol–water partition coefficient (Wildman–Crippen LogP) is 3.87. The minimum atomic E-state index is -0.871. The van der Waals surface area contributed by atoms with Crippen molar-refractivity contribution < 1.29 is 14.7 Å². The molecular formula is C18H20N2O3S2. The van der Waals surface area contributed by atoms with Crippen LogP contribution in [0.1, 0.15) is 46.7 Å². The molecule has 0 atom stereocenters. The molecule has 1 amide bonds. The van der Waals surface area contributed by atoms with Gasteiger partial charge >= 0.3 is 5.97 Å². The van der Waals surface area contributed by atoms with Crippen LogP contribution < -0.4 is 5.32 Å². The molecule has 0 spiro atoms. The maximum absolute atomic E-state index is 12.4. The fourth-order valence-corrected chi connectivity index (χ4v) is 4.40. The van der Waals surface area contributed by atoms with Crippen molar-refractivity contribution in [3.05, 3.63) is 45.9 Å². The van der Waals surface area contributed by atoms with Crippen molar-refractivity contribution >= 4 is 35.0 Å². The first kappa shape index (κ1) is 17.9. The summed E-state index contributed by atoms with van der Waals surface area (Å²) in [5.74, 6) is -0.269. The van der Waals surface area contributed by atoms with Crippen LogP contribution in [0.4, 0.5) is 0 Å². The Balaban J connectivity index is 1.57. The Hall–Kier alpha value is -1.86. The lowest BCUT2D eigenvalue weighted by molar-refractivity contribution is -0.139. The number of carboxylic acid groups (broad SMARTS) is 1. The first-order chi connectivity index (χ1) is 12.0. The Bertz CT molecular complexity index is 767. The van der Waals surface area contributed by atoms with E-state index in [9.17, 15) is 9.59 Å². The third kappa shape index (κ3) is 4.61. The quantitative estimate of drug-likeness (QED) is 0.717. The highest BCUT2D eigenvalue weighted by Gasteiger charge is 2.40. The highest BCUT2D eigenvalue weighted by molar-refractivity contribution is 7.98. The van der Waals surface area contributed by atoms with Crippen LogP contribution in [-0.4, -0.2) is 27.5 Å². The number of nitrogens with zero attached hydrogens (tertiary/aromatic N) is 1. The first-order valence-electron chi connectivity index (χ1n) is 8.14. The summed E-state index contributed by atoms with van der Waals surface area (Å²) in [6.07, 6.45) is 2.40. The number of benzene rings is 1. The molecule has 0 bridgehead atoms. The molecule has 2 N–H and O–H groups in total. The first-order valence-corrected chi connectivity index (χ1v) is 10.0. The number of aryl methyl sites for hydroxylation is 1. The molecule has 25 heavy (non-hydrogen) atoms. The fraction of sp³-hybridized carbons (Fsp3) is 0.389. The van der Waals surface area contributed by atoms with Gasteiger partial charge in [0.2, 0.25) is 0 Å². The van der Waals surface area contributed by atoms with Gasteiger partial charge in [-0.1, -0.05) is 0 Å². The molecular weight excluding hydrogens is 356 g/mol. The summed E-state index contributed by atoms with van der Waals surface area (Å²) in [7, 11) is 0. The van der Waals surface area contributed by atoms with Gasteiger partial charge in [0.15, 0.2) is 0 Å². The average molecular weight is 377 g/mol. The number of amides is 1. The van der Waals surface area contributed by atoms with Crippen LogP contribution in [0.25, 0.3) is 0 Å². The van der Waals surface area contributed by atoms with Crippen LogP contribution in [0.3, 0.4) is 0 Å². The van der Waals surface area contributed by atoms with Crippen LogP contribution >= 0.6 is 23.1 Å². The van der Waals surface area contributed by atoms with E-state index >= 15 is 0 Å². The van der Waals surface area contributed by atoms with Crippen molar-refractivity contribution in [2.24, 2.45) is 0 Å². The molecule has 2 aromatic rings. The molecule has 1 fully saturated rings. The maximum atomic E-state index is 12.4. The summed E-state index contributed by atoms with van der Waals surface area (Å²) in [5, 5.41) is 15.1. The van der Waals surface area contributed by atoms with E-state index in [2.05, 4.69) is 15.7 Å². The largest absolute Gasteiger partial charge is 0.481 e. The van der Waals surface area contributed by atoms with Crippen LogP contribution in [-0.2, 0) is 10.5 Å². The Morgan fingerprint density at radius 1 is 1.32 bits per heavy atom. The van der Waals surface area contributed by atoms with E-state index in [1.165, 1.54) is 0 Å². The van der Waals surface area contributed by atoms with Gasteiger partial charge in [-0.3, -0.25) is 9.59 Å². The molecule has 7 heteroatoms. The average Bonchev–Trinajstić information content (AvgIpc) is 2.96. The van der Waals surface area contributed by atoms with E-state index in [0.717, 1.165) is 40.6 Å². The lowest BCUT2D eigenvalue weighted by Gasteiger charge is -2.41. The lowest BCUT2D eigenvalue weighted by Crippen LogP contribution is -2.54. The molecule has 1 aliphatic carbocycles. The predicted molar refractivity (Wildman–Crippen MR) is 99.2 cm³/mol. The van der Waals surface area contributed by atoms with Crippen LogP contribution in [0.15, 0.2) is 34.5 Å². The SMILES string of the molecule is Cc1nc(CSc2ccc(C(=O)NC3(CC(=O)O)CCC3)cc2)cs1. The Labute approximate surface area is 154 Å². The van der Waals surface area contributed by atoms with Gasteiger partial charge in [-0.25, -0.2) is 4.98 Å². The monoisotopic (exact) mass is 376 g/mol. The number of hydrogen-bond acceptors (Lipinski definition) is 5. The molecule has 1 aromatic heterocycles. The van der Waals surface area contributed by atoms with Gasteiger partial charge < -0.3 is 10.4 Å². The van der Waals surface area contributed by atoms with Crippen molar-refractivity contribution in [3.63, 3.8) is 0 Å². The summed E-state index contributed by atoms with van der Waals surface area (Å²) in [5.41, 5.74) is 1.05. The summed E-state index contributed by atoms with van der Waals surface area (Å²) in [4.78, 5) is 28.9. The molecule has 1 aliphatic rings. The molecule has 0 radical (unpaired) electrons. The van der Waals surface area contributed by atoms with E-state index in [1.54, 1.807) is 35.2 Å². The van der Waals surface area contributed by atoms with Crippen molar-refractivity contribution in [2.45, 2.75) is 48.8 Å². The van der Waals surface area contributed by atoms with Crippen molar-refractivity contribution in [2.75, 3.05) is 0 Å². The number of aromatic nitrogens is 1. The van der Waals surface area contributed by atoms with Crippen LogP contribution in [0.5, 0.6) is 0 Å². The minimum Gasteiger partial charge on any atom is -0.481 e. The van der Waals surface area contributed by atoms with Gasteiger partial charge in [-0.15, -0.1) is 23.1 Å². The number of aliphatic carboxylic acids is 1. The topological polar surface area (TPSA) is 79.3 Å². The zero-order valence-corrected chi connectivity index (χ0v) is 15.6.